The fourth-order valence-electron chi connectivity index (χ4n) is 3.52. The molecule has 18 heavy (non-hydrogen) atoms. The first kappa shape index (κ1) is 12.4. The van der Waals surface area contributed by atoms with Crippen LogP contribution in [0, 0.1) is 11.8 Å². The summed E-state index contributed by atoms with van der Waals surface area (Å²) in [6, 6.07) is 0.506. The van der Waals surface area contributed by atoms with Crippen LogP contribution in [0.25, 0.3) is 0 Å². The van der Waals surface area contributed by atoms with Gasteiger partial charge in [-0.1, -0.05) is 12.8 Å². The molecule has 3 fully saturated rings. The molecule has 4 nitrogen and oxygen atoms in total. The monoisotopic (exact) mass is 253 g/mol. The number of rotatable bonds is 3. The van der Waals surface area contributed by atoms with Crippen LogP contribution >= 0.6 is 0 Å². The summed E-state index contributed by atoms with van der Waals surface area (Å²) in [7, 11) is 0. The molecule has 1 saturated carbocycles. The lowest BCUT2D eigenvalue weighted by molar-refractivity contribution is -0.147. The molecule has 3 rings (SSSR count). The Morgan fingerprint density at radius 1 is 1.28 bits per heavy atom. The lowest BCUT2D eigenvalue weighted by Gasteiger charge is -2.24. The van der Waals surface area contributed by atoms with E-state index in [2.05, 4.69) is 5.32 Å². The minimum Gasteiger partial charge on any atom is -0.464 e. The van der Waals surface area contributed by atoms with Crippen molar-refractivity contribution in [2.75, 3.05) is 19.8 Å². The fourth-order valence-corrected chi connectivity index (χ4v) is 3.52. The first-order valence-electron chi connectivity index (χ1n) is 7.33. The molecular formula is C14H23NO3. The van der Waals surface area contributed by atoms with Crippen molar-refractivity contribution in [3.05, 3.63) is 0 Å². The SMILES string of the molecule is O=C(OCC1CCOC1)C1CC2CCCCC2N1. The van der Waals surface area contributed by atoms with E-state index in [1.165, 1.54) is 25.7 Å². The van der Waals surface area contributed by atoms with Gasteiger partial charge >= 0.3 is 5.97 Å². The molecule has 4 unspecified atom stereocenters. The number of hydrogen-bond donors (Lipinski definition) is 1. The maximum Gasteiger partial charge on any atom is 0.323 e. The van der Waals surface area contributed by atoms with Gasteiger partial charge in [-0.15, -0.1) is 0 Å². The summed E-state index contributed by atoms with van der Waals surface area (Å²) in [6.07, 6.45) is 7.13. The molecular weight excluding hydrogens is 230 g/mol. The predicted molar refractivity (Wildman–Crippen MR) is 67.2 cm³/mol. The lowest BCUT2D eigenvalue weighted by Crippen LogP contribution is -2.38. The number of carbonyl (C=O) groups is 1. The van der Waals surface area contributed by atoms with Crippen molar-refractivity contribution in [3.63, 3.8) is 0 Å². The zero-order valence-corrected chi connectivity index (χ0v) is 10.9. The first-order chi connectivity index (χ1) is 8.83. The molecule has 1 aliphatic carbocycles. The van der Waals surface area contributed by atoms with Crippen molar-refractivity contribution < 1.29 is 14.3 Å². The molecule has 2 saturated heterocycles. The van der Waals surface area contributed by atoms with Crippen molar-refractivity contribution in [2.45, 2.75) is 50.6 Å². The zero-order chi connectivity index (χ0) is 12.4. The third-order valence-corrected chi connectivity index (χ3v) is 4.63. The van der Waals surface area contributed by atoms with E-state index in [1.54, 1.807) is 0 Å². The van der Waals surface area contributed by atoms with Crippen LogP contribution in [0.3, 0.4) is 0 Å². The summed E-state index contributed by atoms with van der Waals surface area (Å²) in [5, 5.41) is 3.46. The van der Waals surface area contributed by atoms with Gasteiger partial charge in [0.15, 0.2) is 0 Å². The van der Waals surface area contributed by atoms with Gasteiger partial charge in [-0.25, -0.2) is 0 Å². The molecule has 0 radical (unpaired) electrons. The van der Waals surface area contributed by atoms with E-state index in [9.17, 15) is 4.79 Å². The van der Waals surface area contributed by atoms with E-state index in [0.717, 1.165) is 26.1 Å². The average Bonchev–Trinajstić information content (AvgIpc) is 3.04. The Morgan fingerprint density at radius 2 is 2.17 bits per heavy atom. The third-order valence-electron chi connectivity index (χ3n) is 4.63. The Morgan fingerprint density at radius 3 is 2.94 bits per heavy atom. The number of ether oxygens (including phenoxy) is 2. The smallest absolute Gasteiger partial charge is 0.323 e. The number of nitrogens with one attached hydrogen (secondary N) is 1. The highest BCUT2D eigenvalue weighted by Crippen LogP contribution is 2.33. The Bertz CT molecular complexity index is 287. The summed E-state index contributed by atoms with van der Waals surface area (Å²) in [6.45, 7) is 2.09. The molecule has 0 aromatic heterocycles. The van der Waals surface area contributed by atoms with Gasteiger partial charge in [0, 0.05) is 18.6 Å². The second-order valence-electron chi connectivity index (χ2n) is 5.97. The van der Waals surface area contributed by atoms with Gasteiger partial charge in [0.25, 0.3) is 0 Å². The van der Waals surface area contributed by atoms with Gasteiger partial charge in [-0.05, 0) is 31.6 Å². The van der Waals surface area contributed by atoms with Crippen LogP contribution in [-0.4, -0.2) is 37.9 Å². The fraction of sp³-hybridized carbons (Fsp3) is 0.929. The summed E-state index contributed by atoms with van der Waals surface area (Å²) >= 11 is 0. The number of fused-ring (bicyclic) bond motifs is 1. The quantitative estimate of drug-likeness (QED) is 0.774. The Labute approximate surface area is 108 Å². The minimum absolute atomic E-state index is 0.0451. The predicted octanol–water partition coefficient (Wildman–Crippen LogP) is 1.49. The first-order valence-corrected chi connectivity index (χ1v) is 7.33. The highest BCUT2D eigenvalue weighted by atomic mass is 16.5. The van der Waals surface area contributed by atoms with Crippen LogP contribution in [0.4, 0.5) is 0 Å². The van der Waals surface area contributed by atoms with E-state index in [0.29, 0.717) is 24.5 Å². The summed E-state index contributed by atoms with van der Waals surface area (Å²) < 4.78 is 10.7. The van der Waals surface area contributed by atoms with E-state index >= 15 is 0 Å². The average molecular weight is 253 g/mol. The molecule has 4 heteroatoms. The molecule has 0 bridgehead atoms. The Hall–Kier alpha value is -0.610. The van der Waals surface area contributed by atoms with Crippen molar-refractivity contribution in [1.82, 2.24) is 5.32 Å². The van der Waals surface area contributed by atoms with Crippen LogP contribution in [0.1, 0.15) is 38.5 Å². The molecule has 3 aliphatic rings. The van der Waals surface area contributed by atoms with Gasteiger partial charge in [0.1, 0.15) is 6.04 Å². The third kappa shape index (κ3) is 2.69. The molecule has 2 aliphatic heterocycles. The standard InChI is InChI=1S/C14H23NO3/c16-14(18-9-10-5-6-17-8-10)13-7-11-3-1-2-4-12(11)15-13/h10-13,15H,1-9H2. The molecule has 0 spiro atoms. The topological polar surface area (TPSA) is 47.6 Å². The van der Waals surface area contributed by atoms with Gasteiger partial charge in [-0.3, -0.25) is 4.79 Å². The molecule has 102 valence electrons. The minimum atomic E-state index is -0.0552. The van der Waals surface area contributed by atoms with Crippen molar-refractivity contribution >= 4 is 5.97 Å². The van der Waals surface area contributed by atoms with Gasteiger partial charge in [0.2, 0.25) is 0 Å². The van der Waals surface area contributed by atoms with Gasteiger partial charge < -0.3 is 14.8 Å². The van der Waals surface area contributed by atoms with Crippen LogP contribution in [0.15, 0.2) is 0 Å². The van der Waals surface area contributed by atoms with Crippen molar-refractivity contribution in [3.8, 4) is 0 Å². The van der Waals surface area contributed by atoms with E-state index in [1.807, 2.05) is 0 Å². The van der Waals surface area contributed by atoms with Gasteiger partial charge in [-0.2, -0.15) is 0 Å². The number of esters is 1. The van der Waals surface area contributed by atoms with E-state index < -0.39 is 0 Å². The lowest BCUT2D eigenvalue weighted by atomic mass is 9.85. The van der Waals surface area contributed by atoms with E-state index in [4.69, 9.17) is 9.47 Å². The van der Waals surface area contributed by atoms with Crippen LogP contribution in [-0.2, 0) is 14.3 Å². The van der Waals surface area contributed by atoms with Crippen LogP contribution < -0.4 is 5.32 Å². The molecule has 0 aromatic rings. The Kier molecular flexibility index (Phi) is 3.85. The van der Waals surface area contributed by atoms with Gasteiger partial charge in [0.05, 0.1) is 13.2 Å². The highest BCUT2D eigenvalue weighted by Gasteiger charge is 2.39. The molecule has 4 atom stereocenters. The second-order valence-corrected chi connectivity index (χ2v) is 5.97. The van der Waals surface area contributed by atoms with Crippen LogP contribution in [0.5, 0.6) is 0 Å². The summed E-state index contributed by atoms with van der Waals surface area (Å²) in [4.78, 5) is 12.0. The van der Waals surface area contributed by atoms with Crippen molar-refractivity contribution in [1.29, 1.82) is 0 Å². The zero-order valence-electron chi connectivity index (χ0n) is 10.9. The molecule has 0 amide bonds. The number of hydrogen-bond acceptors (Lipinski definition) is 4. The van der Waals surface area contributed by atoms with E-state index in [-0.39, 0.29) is 12.0 Å². The maximum absolute atomic E-state index is 12.0. The summed E-state index contributed by atoms with van der Waals surface area (Å²) in [5.74, 6) is 1.07. The number of carbonyl (C=O) groups excluding carboxylic acids is 1. The molecule has 0 aromatic carbocycles. The molecule has 2 heterocycles. The second kappa shape index (κ2) is 5.57. The normalized spacial score (nSPS) is 39.6. The molecule has 1 N–H and O–H groups in total. The van der Waals surface area contributed by atoms with Crippen molar-refractivity contribution in [2.24, 2.45) is 11.8 Å². The Balaban J connectivity index is 1.45. The highest BCUT2D eigenvalue weighted by molar-refractivity contribution is 5.76. The van der Waals surface area contributed by atoms with Crippen LogP contribution in [0.2, 0.25) is 0 Å². The largest absolute Gasteiger partial charge is 0.464 e. The maximum atomic E-state index is 12.0. The summed E-state index contributed by atoms with van der Waals surface area (Å²) in [5.41, 5.74) is 0.